The average Bonchev–Trinajstić information content (AvgIpc) is 3.51. The van der Waals surface area contributed by atoms with Crippen LogP contribution < -0.4 is 20.1 Å². The molecular formula is C27H32F6N2O6. The first-order valence-electron chi connectivity index (χ1n) is 13.4. The topological polar surface area (TPSA) is 114 Å². The molecule has 0 unspecified atom stereocenters. The van der Waals surface area contributed by atoms with E-state index in [-0.39, 0.29) is 28.9 Å². The number of hydrogen-bond donors (Lipinski definition) is 3. The van der Waals surface area contributed by atoms with Crippen LogP contribution in [-0.4, -0.2) is 60.8 Å². The van der Waals surface area contributed by atoms with Crippen molar-refractivity contribution < 1.29 is 55.3 Å². The first kappa shape index (κ1) is 30.8. The standard InChI is InChI=1S/C27H32F6N2O6/c1-25(24(38)39)7-5-15(6-8-25)41-19-10-16(18(40-2)11-17(19)28)22(36)35-21-14-4-3-13(9-14)20(21)23(37)34-12-26(29,30)27(31,32)33/h10-11,13-15,20-21H,3-9,12H2,1-2H3,(H,34,37)(H,35,36)(H,38,39)/t13-,14+,15?,20+,21-,25?/m1/s1. The number of methoxy groups -OCH3 is 1. The molecule has 0 saturated heterocycles. The summed E-state index contributed by atoms with van der Waals surface area (Å²) in [5.41, 5.74) is -1.03. The summed E-state index contributed by atoms with van der Waals surface area (Å²) in [6.07, 6.45) is -3.29. The number of carbonyl (C=O) groups is 3. The summed E-state index contributed by atoms with van der Waals surface area (Å²) in [6, 6.07) is 1.26. The number of fused-ring (bicyclic) bond motifs is 2. The Morgan fingerprint density at radius 3 is 2.24 bits per heavy atom. The molecule has 228 valence electrons. The van der Waals surface area contributed by atoms with Crippen LogP contribution in [0.1, 0.15) is 62.2 Å². The fourth-order valence-corrected chi connectivity index (χ4v) is 6.23. The summed E-state index contributed by atoms with van der Waals surface area (Å²) in [4.78, 5) is 37.6. The summed E-state index contributed by atoms with van der Waals surface area (Å²) in [7, 11) is 1.22. The number of carboxylic acids is 1. The predicted molar refractivity (Wildman–Crippen MR) is 131 cm³/mol. The number of rotatable bonds is 9. The smallest absolute Gasteiger partial charge is 0.455 e. The van der Waals surface area contributed by atoms with Crippen molar-refractivity contribution in [2.45, 2.75) is 76.1 Å². The number of halogens is 6. The highest BCUT2D eigenvalue weighted by molar-refractivity contribution is 5.98. The Bertz CT molecular complexity index is 1180. The lowest BCUT2D eigenvalue weighted by Crippen LogP contribution is -2.53. The molecule has 3 N–H and O–H groups in total. The molecule has 14 heteroatoms. The fourth-order valence-electron chi connectivity index (χ4n) is 6.23. The third-order valence-electron chi connectivity index (χ3n) is 8.76. The Morgan fingerprint density at radius 1 is 1.02 bits per heavy atom. The molecule has 0 radical (unpaired) electrons. The second-order valence-electron chi connectivity index (χ2n) is 11.4. The molecular weight excluding hydrogens is 562 g/mol. The summed E-state index contributed by atoms with van der Waals surface area (Å²) in [6.45, 7) is -0.282. The van der Waals surface area contributed by atoms with Crippen molar-refractivity contribution in [1.82, 2.24) is 10.6 Å². The van der Waals surface area contributed by atoms with Gasteiger partial charge in [-0.15, -0.1) is 0 Å². The Kier molecular flexibility index (Phi) is 8.43. The maximum absolute atomic E-state index is 14.9. The Morgan fingerprint density at radius 2 is 1.66 bits per heavy atom. The number of ether oxygens (including phenoxy) is 2. The first-order valence-corrected chi connectivity index (χ1v) is 13.4. The highest BCUT2D eigenvalue weighted by atomic mass is 19.4. The summed E-state index contributed by atoms with van der Waals surface area (Å²) in [5.74, 6) is -10.5. The van der Waals surface area contributed by atoms with Crippen LogP contribution in [0.4, 0.5) is 26.3 Å². The van der Waals surface area contributed by atoms with Gasteiger partial charge in [0.25, 0.3) is 5.91 Å². The van der Waals surface area contributed by atoms with Crippen LogP contribution in [0.3, 0.4) is 0 Å². The third-order valence-corrected chi connectivity index (χ3v) is 8.76. The molecule has 1 aromatic rings. The van der Waals surface area contributed by atoms with Gasteiger partial charge in [0.15, 0.2) is 11.6 Å². The van der Waals surface area contributed by atoms with E-state index in [1.807, 2.05) is 0 Å². The molecule has 8 nitrogen and oxygen atoms in total. The molecule has 2 amide bonds. The summed E-state index contributed by atoms with van der Waals surface area (Å²) < 4.78 is 90.3. The van der Waals surface area contributed by atoms with Crippen LogP contribution >= 0.6 is 0 Å². The van der Waals surface area contributed by atoms with E-state index < -0.39 is 65.7 Å². The van der Waals surface area contributed by atoms with Crippen molar-refractivity contribution in [1.29, 1.82) is 0 Å². The van der Waals surface area contributed by atoms with E-state index in [9.17, 15) is 45.8 Å². The molecule has 3 fully saturated rings. The second kappa shape index (κ2) is 11.2. The van der Waals surface area contributed by atoms with Crippen molar-refractivity contribution in [2.75, 3.05) is 13.7 Å². The van der Waals surface area contributed by atoms with Gasteiger partial charge in [0.05, 0.1) is 36.7 Å². The van der Waals surface area contributed by atoms with E-state index in [0.717, 1.165) is 12.1 Å². The zero-order valence-corrected chi connectivity index (χ0v) is 22.5. The van der Waals surface area contributed by atoms with Gasteiger partial charge in [0, 0.05) is 12.1 Å². The number of amides is 2. The van der Waals surface area contributed by atoms with E-state index in [0.29, 0.717) is 44.9 Å². The fraction of sp³-hybridized carbons (Fsp3) is 0.667. The maximum atomic E-state index is 14.9. The van der Waals surface area contributed by atoms with E-state index >= 15 is 0 Å². The van der Waals surface area contributed by atoms with Crippen LogP contribution in [-0.2, 0) is 9.59 Å². The van der Waals surface area contributed by atoms with Gasteiger partial charge in [-0.2, -0.15) is 22.0 Å². The van der Waals surface area contributed by atoms with Crippen molar-refractivity contribution in [2.24, 2.45) is 23.2 Å². The van der Waals surface area contributed by atoms with E-state index in [4.69, 9.17) is 9.47 Å². The predicted octanol–water partition coefficient (Wildman–Crippen LogP) is 4.70. The highest BCUT2D eigenvalue weighted by Crippen LogP contribution is 2.49. The van der Waals surface area contributed by atoms with Crippen LogP contribution in [0, 0.1) is 29.0 Å². The van der Waals surface area contributed by atoms with E-state index in [2.05, 4.69) is 5.32 Å². The van der Waals surface area contributed by atoms with E-state index in [1.165, 1.54) is 7.11 Å². The second-order valence-corrected chi connectivity index (χ2v) is 11.4. The number of aliphatic carboxylic acids is 1. The zero-order chi connectivity index (χ0) is 30.3. The Labute approximate surface area is 232 Å². The van der Waals surface area contributed by atoms with Crippen molar-refractivity contribution in [3.8, 4) is 11.5 Å². The molecule has 0 aliphatic heterocycles. The molecule has 41 heavy (non-hydrogen) atoms. The minimum absolute atomic E-state index is 0.124. The molecule has 3 aliphatic carbocycles. The van der Waals surface area contributed by atoms with Gasteiger partial charge >= 0.3 is 18.1 Å². The molecule has 3 aliphatic rings. The SMILES string of the molecule is COc1cc(F)c(OC2CCC(C)(C(=O)O)CC2)cc1C(=O)N[C@@H]1[C@H]2CC[C@H](C2)[C@@H]1C(=O)NCC(F)(F)C(F)(F)F. The van der Waals surface area contributed by atoms with Crippen molar-refractivity contribution in [3.05, 3.63) is 23.5 Å². The zero-order valence-electron chi connectivity index (χ0n) is 22.5. The normalized spacial score (nSPS) is 29.6. The minimum Gasteiger partial charge on any atom is -0.496 e. The lowest BCUT2D eigenvalue weighted by molar-refractivity contribution is -0.278. The molecule has 4 rings (SSSR count). The third kappa shape index (κ3) is 6.20. The van der Waals surface area contributed by atoms with Crippen LogP contribution in [0.5, 0.6) is 11.5 Å². The lowest BCUT2D eigenvalue weighted by atomic mass is 9.75. The number of hydrogen-bond acceptors (Lipinski definition) is 5. The molecule has 1 aromatic carbocycles. The van der Waals surface area contributed by atoms with Gasteiger partial charge < -0.3 is 25.2 Å². The monoisotopic (exact) mass is 594 g/mol. The number of benzene rings is 1. The molecule has 4 atom stereocenters. The largest absolute Gasteiger partial charge is 0.496 e. The van der Waals surface area contributed by atoms with Gasteiger partial charge in [-0.05, 0) is 69.8 Å². The highest BCUT2D eigenvalue weighted by Gasteiger charge is 2.58. The van der Waals surface area contributed by atoms with Gasteiger partial charge in [-0.3, -0.25) is 14.4 Å². The lowest BCUT2D eigenvalue weighted by Gasteiger charge is -2.34. The van der Waals surface area contributed by atoms with Crippen LogP contribution in [0.25, 0.3) is 0 Å². The maximum Gasteiger partial charge on any atom is 0.455 e. The number of alkyl halides is 5. The molecule has 0 spiro atoms. The first-order chi connectivity index (χ1) is 19.1. The Hall–Kier alpha value is -3.19. The van der Waals surface area contributed by atoms with Gasteiger partial charge in [0.2, 0.25) is 5.91 Å². The average molecular weight is 595 g/mol. The number of carboxylic acid groups (broad SMARTS) is 1. The number of nitrogens with one attached hydrogen (secondary N) is 2. The molecule has 3 saturated carbocycles. The van der Waals surface area contributed by atoms with Crippen LogP contribution in [0.2, 0.25) is 0 Å². The van der Waals surface area contributed by atoms with Crippen LogP contribution in [0.15, 0.2) is 12.1 Å². The van der Waals surface area contributed by atoms with Gasteiger partial charge in [0.1, 0.15) is 5.75 Å². The minimum atomic E-state index is -5.82. The Balaban J connectivity index is 1.48. The quantitative estimate of drug-likeness (QED) is 0.357. The summed E-state index contributed by atoms with van der Waals surface area (Å²) >= 11 is 0. The summed E-state index contributed by atoms with van der Waals surface area (Å²) in [5, 5.41) is 13.8. The van der Waals surface area contributed by atoms with Crippen molar-refractivity contribution in [3.63, 3.8) is 0 Å². The van der Waals surface area contributed by atoms with Crippen molar-refractivity contribution >= 4 is 17.8 Å². The van der Waals surface area contributed by atoms with Gasteiger partial charge in [-0.25, -0.2) is 4.39 Å². The molecule has 0 heterocycles. The number of carbonyl (C=O) groups excluding carboxylic acids is 2. The molecule has 0 aromatic heterocycles. The van der Waals surface area contributed by atoms with E-state index in [1.54, 1.807) is 12.2 Å². The molecule has 2 bridgehead atoms. The van der Waals surface area contributed by atoms with Gasteiger partial charge in [-0.1, -0.05) is 0 Å².